The zero-order valence-corrected chi connectivity index (χ0v) is 21.7. The van der Waals surface area contributed by atoms with Gasteiger partial charge in [-0.15, -0.1) is 0 Å². The Morgan fingerprint density at radius 3 is 2.42 bits per heavy atom. The van der Waals surface area contributed by atoms with Crippen LogP contribution in [-0.4, -0.2) is 56.8 Å². The molecule has 2 aromatic carbocycles. The van der Waals surface area contributed by atoms with Crippen molar-refractivity contribution in [1.82, 2.24) is 9.62 Å². The number of sulfonamides is 1. The number of benzene rings is 2. The summed E-state index contributed by atoms with van der Waals surface area (Å²) in [6, 6.07) is 11.9. The topological polar surface area (TPSA) is 90.0 Å². The Kier molecular flexibility index (Phi) is 7.23. The molecule has 2 fully saturated rings. The normalized spacial score (nSPS) is 20.6. The highest BCUT2D eigenvalue weighted by Gasteiger charge is 2.41. The molecule has 3 aliphatic rings. The van der Waals surface area contributed by atoms with E-state index in [1.807, 2.05) is 12.1 Å². The van der Waals surface area contributed by atoms with Crippen LogP contribution in [0.3, 0.4) is 0 Å². The molecule has 36 heavy (non-hydrogen) atoms. The van der Waals surface area contributed by atoms with Gasteiger partial charge in [-0.25, -0.2) is 8.42 Å². The van der Waals surface area contributed by atoms with Crippen molar-refractivity contribution >= 4 is 44.8 Å². The summed E-state index contributed by atoms with van der Waals surface area (Å²) in [6.45, 7) is 1.88. The molecule has 1 atom stereocenters. The van der Waals surface area contributed by atoms with Crippen molar-refractivity contribution < 1.29 is 18.0 Å². The van der Waals surface area contributed by atoms with Crippen LogP contribution in [-0.2, 0) is 26.2 Å². The molecule has 0 bridgehead atoms. The van der Waals surface area contributed by atoms with Crippen molar-refractivity contribution in [2.45, 2.75) is 56.0 Å². The van der Waals surface area contributed by atoms with Crippen LogP contribution in [0.5, 0.6) is 0 Å². The first-order chi connectivity index (χ1) is 17.3. The lowest BCUT2D eigenvalue weighted by Gasteiger charge is -2.45. The van der Waals surface area contributed by atoms with Gasteiger partial charge in [-0.05, 0) is 68.0 Å². The van der Waals surface area contributed by atoms with E-state index in [0.29, 0.717) is 30.3 Å². The summed E-state index contributed by atoms with van der Waals surface area (Å²) in [5, 5.41) is 3.49. The SMILES string of the molecule is O=C(CN1C(=O)[C@H]2CCCCN2c2ccc(S(=O)(=O)N3CCCCC3)cc21)NCc1ccc(Cl)cc1. The van der Waals surface area contributed by atoms with Gasteiger partial charge < -0.3 is 10.2 Å². The van der Waals surface area contributed by atoms with Crippen molar-refractivity contribution in [3.63, 3.8) is 0 Å². The number of carbonyl (C=O) groups excluding carboxylic acids is 2. The zero-order chi connectivity index (χ0) is 25.3. The van der Waals surface area contributed by atoms with Gasteiger partial charge in [0, 0.05) is 31.2 Å². The van der Waals surface area contributed by atoms with Crippen LogP contribution in [0, 0.1) is 0 Å². The summed E-state index contributed by atoms with van der Waals surface area (Å²) in [4.78, 5) is 30.2. The molecule has 0 aromatic heterocycles. The Morgan fingerprint density at radius 1 is 0.944 bits per heavy atom. The van der Waals surface area contributed by atoms with E-state index in [0.717, 1.165) is 56.3 Å². The molecule has 2 amide bonds. The molecule has 0 spiro atoms. The summed E-state index contributed by atoms with van der Waals surface area (Å²) >= 11 is 5.94. The molecular formula is C26H31ClN4O4S. The van der Waals surface area contributed by atoms with Gasteiger partial charge in [-0.2, -0.15) is 4.31 Å². The number of fused-ring (bicyclic) bond motifs is 3. The van der Waals surface area contributed by atoms with Crippen LogP contribution in [0.4, 0.5) is 11.4 Å². The summed E-state index contributed by atoms with van der Waals surface area (Å²) in [5.41, 5.74) is 2.19. The lowest BCUT2D eigenvalue weighted by molar-refractivity contribution is -0.125. The largest absolute Gasteiger partial charge is 0.358 e. The fourth-order valence-corrected chi connectivity index (χ4v) is 6.98. The minimum Gasteiger partial charge on any atom is -0.358 e. The summed E-state index contributed by atoms with van der Waals surface area (Å²) < 4.78 is 28.3. The second-order valence-electron chi connectivity index (χ2n) is 9.65. The van der Waals surface area contributed by atoms with E-state index in [9.17, 15) is 18.0 Å². The molecule has 10 heteroatoms. The standard InChI is InChI=1S/C26H31ClN4O4S/c27-20-9-7-19(8-10-20)17-28-25(32)18-31-24-16-21(36(34,35)29-13-3-1-4-14-29)11-12-22(24)30-15-5-2-6-23(30)26(31)33/h7-12,16,23H,1-6,13-15,17-18H2,(H,28,32)/t23-/m1/s1. The fourth-order valence-electron chi connectivity index (χ4n) is 5.32. The highest BCUT2D eigenvalue weighted by molar-refractivity contribution is 7.89. The van der Waals surface area contributed by atoms with E-state index in [2.05, 4.69) is 10.2 Å². The highest BCUT2D eigenvalue weighted by Crippen LogP contribution is 2.41. The number of rotatable bonds is 6. The first-order valence-corrected chi connectivity index (χ1v) is 14.4. The Hall–Kier alpha value is -2.62. The second-order valence-corrected chi connectivity index (χ2v) is 12.0. The van der Waals surface area contributed by atoms with Crippen LogP contribution in [0.25, 0.3) is 0 Å². The predicted molar refractivity (Wildman–Crippen MR) is 140 cm³/mol. The predicted octanol–water partition coefficient (Wildman–Crippen LogP) is 3.54. The molecule has 0 saturated carbocycles. The molecule has 3 aliphatic heterocycles. The maximum absolute atomic E-state index is 13.6. The lowest BCUT2D eigenvalue weighted by Crippen LogP contribution is -2.57. The molecule has 5 rings (SSSR count). The van der Waals surface area contributed by atoms with Crippen molar-refractivity contribution in [1.29, 1.82) is 0 Å². The molecule has 2 aromatic rings. The molecule has 0 unspecified atom stereocenters. The number of carbonyl (C=O) groups is 2. The van der Waals surface area contributed by atoms with Crippen LogP contribution in [0.15, 0.2) is 47.4 Å². The smallest absolute Gasteiger partial charge is 0.250 e. The molecule has 8 nitrogen and oxygen atoms in total. The molecule has 2 saturated heterocycles. The number of hydrogen-bond acceptors (Lipinski definition) is 5. The summed E-state index contributed by atoms with van der Waals surface area (Å²) in [6.07, 6.45) is 5.35. The maximum atomic E-state index is 13.6. The van der Waals surface area contributed by atoms with Crippen LogP contribution >= 0.6 is 11.6 Å². The van der Waals surface area contributed by atoms with E-state index in [4.69, 9.17) is 11.6 Å². The summed E-state index contributed by atoms with van der Waals surface area (Å²) in [5.74, 6) is -0.464. The Bertz CT molecular complexity index is 1250. The molecule has 3 heterocycles. The van der Waals surface area contributed by atoms with Crippen LogP contribution < -0.4 is 15.1 Å². The second kappa shape index (κ2) is 10.4. The van der Waals surface area contributed by atoms with Gasteiger partial charge in [0.15, 0.2) is 0 Å². The Morgan fingerprint density at radius 2 is 1.67 bits per heavy atom. The van der Waals surface area contributed by atoms with Gasteiger partial charge in [-0.3, -0.25) is 14.5 Å². The Balaban J connectivity index is 1.42. The average molecular weight is 531 g/mol. The van der Waals surface area contributed by atoms with E-state index in [1.165, 1.54) is 9.21 Å². The average Bonchev–Trinajstić information content (AvgIpc) is 2.91. The number of nitrogens with one attached hydrogen (secondary N) is 1. The zero-order valence-electron chi connectivity index (χ0n) is 20.2. The van der Waals surface area contributed by atoms with Crippen molar-refractivity contribution in [2.75, 3.05) is 36.0 Å². The van der Waals surface area contributed by atoms with Gasteiger partial charge in [-0.1, -0.05) is 30.2 Å². The number of anilines is 2. The number of halogens is 1. The highest BCUT2D eigenvalue weighted by atomic mass is 35.5. The molecule has 192 valence electrons. The van der Waals surface area contributed by atoms with E-state index >= 15 is 0 Å². The van der Waals surface area contributed by atoms with E-state index < -0.39 is 10.0 Å². The van der Waals surface area contributed by atoms with Crippen molar-refractivity contribution in [3.8, 4) is 0 Å². The number of nitrogens with zero attached hydrogens (tertiary/aromatic N) is 3. The molecule has 1 N–H and O–H groups in total. The van der Waals surface area contributed by atoms with Crippen molar-refractivity contribution in [2.24, 2.45) is 0 Å². The van der Waals surface area contributed by atoms with Gasteiger partial charge >= 0.3 is 0 Å². The van der Waals surface area contributed by atoms with E-state index in [1.54, 1.807) is 30.3 Å². The third-order valence-corrected chi connectivity index (χ3v) is 9.41. The van der Waals surface area contributed by atoms with Crippen LogP contribution in [0.2, 0.25) is 5.02 Å². The first kappa shape index (κ1) is 25.0. The number of hydrogen-bond donors (Lipinski definition) is 1. The van der Waals surface area contributed by atoms with Crippen molar-refractivity contribution in [3.05, 3.63) is 53.1 Å². The molecular weight excluding hydrogens is 500 g/mol. The first-order valence-electron chi connectivity index (χ1n) is 12.6. The maximum Gasteiger partial charge on any atom is 0.250 e. The Labute approximate surface area is 217 Å². The number of piperidine rings is 2. The van der Waals surface area contributed by atoms with Gasteiger partial charge in [0.2, 0.25) is 21.8 Å². The fraction of sp³-hybridized carbons (Fsp3) is 0.462. The summed E-state index contributed by atoms with van der Waals surface area (Å²) in [7, 11) is -3.68. The van der Waals surface area contributed by atoms with Gasteiger partial charge in [0.1, 0.15) is 12.6 Å². The van der Waals surface area contributed by atoms with Gasteiger partial charge in [0.05, 0.1) is 16.3 Å². The molecule has 0 aliphatic carbocycles. The minimum absolute atomic E-state index is 0.156. The van der Waals surface area contributed by atoms with Crippen LogP contribution in [0.1, 0.15) is 44.1 Å². The number of amides is 2. The van der Waals surface area contributed by atoms with E-state index in [-0.39, 0.29) is 29.3 Å². The van der Waals surface area contributed by atoms with Gasteiger partial charge in [0.25, 0.3) is 0 Å². The quantitative estimate of drug-likeness (QED) is 0.617. The third-order valence-electron chi connectivity index (χ3n) is 7.26. The molecule has 0 radical (unpaired) electrons. The third kappa shape index (κ3) is 4.96. The lowest BCUT2D eigenvalue weighted by atomic mass is 9.96. The minimum atomic E-state index is -3.68. The monoisotopic (exact) mass is 530 g/mol.